The smallest absolute Gasteiger partial charge is 0.291 e. The molecular formula is C18H15ClN4O2. The molecule has 1 spiro atoms. The van der Waals surface area contributed by atoms with Gasteiger partial charge in [-0.25, -0.2) is 14.8 Å². The van der Waals surface area contributed by atoms with E-state index in [-0.39, 0.29) is 23.3 Å². The topological polar surface area (TPSA) is 59.7 Å². The molecule has 1 saturated heterocycles. The molecule has 0 atom stereocenters. The van der Waals surface area contributed by atoms with Gasteiger partial charge >= 0.3 is 0 Å². The number of benzene rings is 1. The first-order chi connectivity index (χ1) is 12.1. The van der Waals surface area contributed by atoms with Crippen LogP contribution in [0.2, 0.25) is 5.02 Å². The van der Waals surface area contributed by atoms with E-state index < -0.39 is 0 Å². The number of halogens is 1. The van der Waals surface area contributed by atoms with Gasteiger partial charge in [-0.15, -0.1) is 0 Å². The van der Waals surface area contributed by atoms with Crippen LogP contribution in [0.25, 0.3) is 4.85 Å². The van der Waals surface area contributed by atoms with E-state index in [4.69, 9.17) is 22.9 Å². The molecule has 1 aromatic carbocycles. The summed E-state index contributed by atoms with van der Waals surface area (Å²) in [6.07, 6.45) is 5.10. The highest BCUT2D eigenvalue weighted by atomic mass is 35.5. The van der Waals surface area contributed by atoms with Crippen LogP contribution < -0.4 is 4.74 Å². The van der Waals surface area contributed by atoms with Crippen molar-refractivity contribution in [2.75, 3.05) is 13.1 Å². The predicted octanol–water partition coefficient (Wildman–Crippen LogP) is 3.36. The van der Waals surface area contributed by atoms with Crippen molar-refractivity contribution in [3.63, 3.8) is 0 Å². The number of likely N-dealkylation sites (tertiary alicyclic amines) is 1. The fraction of sp³-hybridized carbons (Fsp3) is 0.333. The van der Waals surface area contributed by atoms with E-state index in [0.717, 1.165) is 25.9 Å². The first-order valence-corrected chi connectivity index (χ1v) is 8.36. The van der Waals surface area contributed by atoms with Crippen molar-refractivity contribution in [1.82, 2.24) is 14.9 Å². The summed E-state index contributed by atoms with van der Waals surface area (Å²) < 4.78 is 5.93. The van der Waals surface area contributed by atoms with E-state index in [2.05, 4.69) is 14.8 Å². The van der Waals surface area contributed by atoms with Crippen LogP contribution in [0.4, 0.5) is 5.69 Å². The second kappa shape index (κ2) is 6.01. The lowest BCUT2D eigenvalue weighted by atomic mass is 9.61. The Morgan fingerprint density at radius 1 is 1.32 bits per heavy atom. The molecule has 2 fully saturated rings. The molecule has 25 heavy (non-hydrogen) atoms. The van der Waals surface area contributed by atoms with Crippen LogP contribution in [0, 0.1) is 12.0 Å². The molecule has 0 unspecified atom stereocenters. The average molecular weight is 355 g/mol. The molecule has 1 aliphatic carbocycles. The minimum Gasteiger partial charge on any atom is -0.490 e. The lowest BCUT2D eigenvalue weighted by Gasteiger charge is -2.58. The van der Waals surface area contributed by atoms with Gasteiger partial charge in [0.2, 0.25) is 11.5 Å². The second-order valence-corrected chi connectivity index (χ2v) is 7.01. The van der Waals surface area contributed by atoms with Gasteiger partial charge in [0.25, 0.3) is 5.91 Å². The molecule has 1 saturated carbocycles. The fourth-order valence-corrected chi connectivity index (χ4v) is 3.76. The van der Waals surface area contributed by atoms with Gasteiger partial charge in [0.1, 0.15) is 11.9 Å². The number of amides is 1. The lowest BCUT2D eigenvalue weighted by molar-refractivity contribution is -0.103. The number of ether oxygens (including phenoxy) is 1. The number of carbonyl (C=O) groups is 1. The van der Waals surface area contributed by atoms with Gasteiger partial charge in [0, 0.05) is 30.9 Å². The quantitative estimate of drug-likeness (QED) is 0.793. The van der Waals surface area contributed by atoms with Gasteiger partial charge in [-0.1, -0.05) is 17.7 Å². The molecule has 2 aromatic rings. The summed E-state index contributed by atoms with van der Waals surface area (Å²) in [4.78, 5) is 25.4. The molecule has 1 amide bonds. The Labute approximate surface area is 150 Å². The highest BCUT2D eigenvalue weighted by Crippen LogP contribution is 2.50. The lowest BCUT2D eigenvalue weighted by Crippen LogP contribution is -2.66. The predicted molar refractivity (Wildman–Crippen MR) is 91.7 cm³/mol. The first kappa shape index (κ1) is 15.9. The summed E-state index contributed by atoms with van der Waals surface area (Å²) in [5, 5.41) is 0.407. The van der Waals surface area contributed by atoms with Crippen LogP contribution in [-0.4, -0.2) is 40.0 Å². The summed E-state index contributed by atoms with van der Waals surface area (Å²) in [6.45, 7) is 8.45. The van der Waals surface area contributed by atoms with Gasteiger partial charge in [-0.3, -0.25) is 4.79 Å². The highest BCUT2D eigenvalue weighted by Gasteiger charge is 2.55. The van der Waals surface area contributed by atoms with E-state index in [1.165, 1.54) is 0 Å². The Kier molecular flexibility index (Phi) is 3.81. The van der Waals surface area contributed by atoms with Gasteiger partial charge in [-0.2, -0.15) is 0 Å². The summed E-state index contributed by atoms with van der Waals surface area (Å²) in [6, 6.07) is 6.82. The number of aromatic nitrogens is 2. The number of carbonyl (C=O) groups excluding carboxylic acids is 1. The molecule has 126 valence electrons. The molecular weight excluding hydrogens is 340 g/mol. The Morgan fingerprint density at radius 3 is 2.68 bits per heavy atom. The van der Waals surface area contributed by atoms with Crippen LogP contribution >= 0.6 is 11.6 Å². The second-order valence-electron chi connectivity index (χ2n) is 6.61. The third-order valence-corrected chi connectivity index (χ3v) is 5.06. The molecule has 0 radical (unpaired) electrons. The minimum atomic E-state index is -0.114. The molecule has 4 rings (SSSR count). The number of nitrogens with zero attached hydrogens (tertiary/aromatic N) is 4. The van der Waals surface area contributed by atoms with Crippen LogP contribution in [0.3, 0.4) is 0 Å². The van der Waals surface area contributed by atoms with Crippen molar-refractivity contribution in [2.45, 2.75) is 18.9 Å². The molecule has 2 heterocycles. The van der Waals surface area contributed by atoms with Gasteiger partial charge in [-0.05, 0) is 31.0 Å². The van der Waals surface area contributed by atoms with Crippen molar-refractivity contribution in [3.8, 4) is 5.75 Å². The standard InChI is InChI=1S/C18H15ClN4O2/c1-20-15-4-3-12(7-14(15)19)25-13-8-18(9-13)10-23(11-18)17(24)16-21-5-2-6-22-16/h2-7,13H,8-11H2. The molecule has 0 bridgehead atoms. The maximum Gasteiger partial charge on any atom is 0.291 e. The minimum absolute atomic E-state index is 0.114. The Balaban J connectivity index is 1.30. The monoisotopic (exact) mass is 354 g/mol. The zero-order valence-electron chi connectivity index (χ0n) is 13.4. The number of hydrogen-bond acceptors (Lipinski definition) is 4. The average Bonchev–Trinajstić information content (AvgIpc) is 2.56. The van der Waals surface area contributed by atoms with Crippen molar-refractivity contribution in [1.29, 1.82) is 0 Å². The zero-order valence-corrected chi connectivity index (χ0v) is 14.1. The Hall–Kier alpha value is -2.65. The summed E-state index contributed by atoms with van der Waals surface area (Å²) >= 11 is 6.03. The number of hydrogen-bond donors (Lipinski definition) is 0. The van der Waals surface area contributed by atoms with Crippen molar-refractivity contribution < 1.29 is 9.53 Å². The number of rotatable bonds is 3. The van der Waals surface area contributed by atoms with Gasteiger partial charge in [0.15, 0.2) is 0 Å². The summed E-state index contributed by atoms with van der Waals surface area (Å²) in [7, 11) is 0. The maximum absolute atomic E-state index is 12.3. The van der Waals surface area contributed by atoms with Gasteiger partial charge < -0.3 is 9.64 Å². The molecule has 6 nitrogen and oxygen atoms in total. The maximum atomic E-state index is 12.3. The van der Waals surface area contributed by atoms with Crippen molar-refractivity contribution in [3.05, 3.63) is 58.9 Å². The largest absolute Gasteiger partial charge is 0.490 e. The zero-order chi connectivity index (χ0) is 17.4. The van der Waals surface area contributed by atoms with E-state index in [0.29, 0.717) is 16.5 Å². The van der Waals surface area contributed by atoms with Crippen LogP contribution in [0.5, 0.6) is 5.75 Å². The Morgan fingerprint density at radius 2 is 2.04 bits per heavy atom. The summed E-state index contributed by atoms with van der Waals surface area (Å²) in [5.74, 6) is 0.818. The molecule has 1 aromatic heterocycles. The van der Waals surface area contributed by atoms with E-state index in [1.54, 1.807) is 41.6 Å². The van der Waals surface area contributed by atoms with E-state index >= 15 is 0 Å². The van der Waals surface area contributed by atoms with E-state index in [1.807, 2.05) is 0 Å². The van der Waals surface area contributed by atoms with E-state index in [9.17, 15) is 4.79 Å². The summed E-state index contributed by atoms with van der Waals surface area (Å²) in [5.41, 5.74) is 0.588. The van der Waals surface area contributed by atoms with Crippen molar-refractivity contribution >= 4 is 23.2 Å². The molecule has 2 aliphatic rings. The molecule has 1 aliphatic heterocycles. The van der Waals surface area contributed by atoms with Gasteiger partial charge in [0.05, 0.1) is 11.6 Å². The normalized spacial score (nSPS) is 18.2. The molecule has 0 N–H and O–H groups in total. The SMILES string of the molecule is [C-]#[N+]c1ccc(OC2CC3(C2)CN(C(=O)c2ncccn2)C3)cc1Cl. The highest BCUT2D eigenvalue weighted by molar-refractivity contribution is 6.33. The van der Waals surface area contributed by atoms with Crippen molar-refractivity contribution in [2.24, 2.45) is 5.41 Å². The first-order valence-electron chi connectivity index (χ1n) is 7.99. The van der Waals surface area contributed by atoms with Crippen LogP contribution in [0.15, 0.2) is 36.7 Å². The Bertz CT molecular complexity index is 851. The third-order valence-electron chi connectivity index (χ3n) is 4.76. The molecule has 7 heteroatoms. The van der Waals surface area contributed by atoms with Crippen LogP contribution in [-0.2, 0) is 0 Å². The fourth-order valence-electron chi connectivity index (χ4n) is 3.55. The van der Waals surface area contributed by atoms with Crippen LogP contribution in [0.1, 0.15) is 23.5 Å². The third kappa shape index (κ3) is 2.92.